The highest BCUT2D eigenvalue weighted by Gasteiger charge is 2.35. The number of ether oxygens (including phenoxy) is 1. The van der Waals surface area contributed by atoms with E-state index in [0.717, 1.165) is 19.3 Å². The molecule has 0 aliphatic carbocycles. The summed E-state index contributed by atoms with van der Waals surface area (Å²) in [6.07, 6.45) is 27.5. The lowest BCUT2D eigenvalue weighted by Gasteiger charge is -2.00. The van der Waals surface area contributed by atoms with E-state index < -0.39 is 0 Å². The van der Waals surface area contributed by atoms with Gasteiger partial charge < -0.3 is 4.74 Å². The highest BCUT2D eigenvalue weighted by atomic mass is 16.6. The second-order valence-corrected chi connectivity index (χ2v) is 6.65. The van der Waals surface area contributed by atoms with E-state index in [-0.39, 0.29) is 0 Å². The smallest absolute Gasteiger partial charge is 0.0879 e. The van der Waals surface area contributed by atoms with Crippen molar-refractivity contribution in [1.82, 2.24) is 0 Å². The van der Waals surface area contributed by atoms with Crippen molar-refractivity contribution in [2.75, 3.05) is 0 Å². The van der Waals surface area contributed by atoms with Crippen molar-refractivity contribution in [3.63, 3.8) is 0 Å². The maximum absolute atomic E-state index is 5.66. The molecule has 0 aromatic carbocycles. The topological polar surface area (TPSA) is 12.5 Å². The summed E-state index contributed by atoms with van der Waals surface area (Å²) in [7, 11) is 0. The highest BCUT2D eigenvalue weighted by Crippen LogP contribution is 2.29. The van der Waals surface area contributed by atoms with Crippen molar-refractivity contribution in [2.24, 2.45) is 0 Å². The van der Waals surface area contributed by atoms with Gasteiger partial charge >= 0.3 is 0 Å². The second-order valence-electron chi connectivity index (χ2n) is 6.65. The lowest BCUT2D eigenvalue weighted by Crippen LogP contribution is -1.90. The first kappa shape index (κ1) is 19.5. The first-order valence-corrected chi connectivity index (χ1v) is 9.84. The third-order valence-electron chi connectivity index (χ3n) is 4.47. The number of rotatable bonds is 15. The fraction of sp³-hybridized carbons (Fsp3) is 0.810. The lowest BCUT2D eigenvalue weighted by molar-refractivity contribution is 0.372. The number of unbranched alkanes of at least 4 members (excludes halogenated alkanes) is 9. The quantitative estimate of drug-likeness (QED) is 0.181. The molecule has 0 unspecified atom stereocenters. The average molecular weight is 307 g/mol. The van der Waals surface area contributed by atoms with E-state index in [4.69, 9.17) is 4.74 Å². The zero-order valence-electron chi connectivity index (χ0n) is 15.1. The molecular formula is C21H38O. The predicted molar refractivity (Wildman–Crippen MR) is 98.3 cm³/mol. The van der Waals surface area contributed by atoms with Gasteiger partial charge in [-0.1, -0.05) is 89.5 Å². The van der Waals surface area contributed by atoms with Gasteiger partial charge in [0, 0.05) is 0 Å². The zero-order valence-corrected chi connectivity index (χ0v) is 15.1. The monoisotopic (exact) mass is 306 g/mol. The Morgan fingerprint density at radius 3 is 1.77 bits per heavy atom. The maximum Gasteiger partial charge on any atom is 0.0879 e. The van der Waals surface area contributed by atoms with E-state index >= 15 is 0 Å². The molecule has 0 aromatic rings. The van der Waals surface area contributed by atoms with Crippen molar-refractivity contribution in [1.29, 1.82) is 0 Å². The van der Waals surface area contributed by atoms with Gasteiger partial charge in [-0.25, -0.2) is 0 Å². The fourth-order valence-electron chi connectivity index (χ4n) is 2.91. The van der Waals surface area contributed by atoms with Crippen LogP contribution in [0.3, 0.4) is 0 Å². The van der Waals surface area contributed by atoms with E-state index in [1.54, 1.807) is 0 Å². The molecule has 1 nitrogen and oxygen atoms in total. The van der Waals surface area contributed by atoms with Crippen LogP contribution in [-0.2, 0) is 4.74 Å². The summed E-state index contributed by atoms with van der Waals surface area (Å²) in [4.78, 5) is 0. The fourth-order valence-corrected chi connectivity index (χ4v) is 2.91. The summed E-state index contributed by atoms with van der Waals surface area (Å²) >= 11 is 0. The molecule has 1 aliphatic rings. The van der Waals surface area contributed by atoms with Crippen LogP contribution in [0.5, 0.6) is 0 Å². The summed E-state index contributed by atoms with van der Waals surface area (Å²) in [5.41, 5.74) is 0. The average Bonchev–Trinajstić information content (AvgIpc) is 3.27. The molecule has 0 amide bonds. The third kappa shape index (κ3) is 11.1. The van der Waals surface area contributed by atoms with Crippen LogP contribution in [0.4, 0.5) is 0 Å². The van der Waals surface area contributed by atoms with Gasteiger partial charge in [-0.15, -0.1) is 0 Å². The van der Waals surface area contributed by atoms with Crippen LogP contribution in [0.15, 0.2) is 24.3 Å². The van der Waals surface area contributed by atoms with E-state index in [1.807, 2.05) is 0 Å². The largest absolute Gasteiger partial charge is 0.369 e. The van der Waals surface area contributed by atoms with Gasteiger partial charge in [-0.2, -0.15) is 0 Å². The van der Waals surface area contributed by atoms with Gasteiger partial charge in [-0.05, 0) is 32.1 Å². The number of epoxide rings is 1. The van der Waals surface area contributed by atoms with Crippen molar-refractivity contribution in [3.05, 3.63) is 24.3 Å². The Morgan fingerprint density at radius 1 is 0.636 bits per heavy atom. The van der Waals surface area contributed by atoms with Crippen molar-refractivity contribution in [3.8, 4) is 0 Å². The van der Waals surface area contributed by atoms with E-state index in [0.29, 0.717) is 12.2 Å². The normalized spacial score (nSPS) is 21.2. The third-order valence-corrected chi connectivity index (χ3v) is 4.47. The van der Waals surface area contributed by atoms with Crippen molar-refractivity contribution in [2.45, 2.75) is 110 Å². The van der Waals surface area contributed by atoms with Crippen LogP contribution in [0, 0.1) is 0 Å². The van der Waals surface area contributed by atoms with Crippen LogP contribution >= 0.6 is 0 Å². The van der Waals surface area contributed by atoms with Gasteiger partial charge in [0.15, 0.2) is 0 Å². The molecule has 0 N–H and O–H groups in total. The standard InChI is InChI=1S/C21H38O/c1-3-5-7-8-9-10-11-12-13-14-15-17-19-21-20(22-21)18-16-6-4-2/h6,15-17,20-21H,3-5,7-14,18-19H2,1-2H3/b16-6-,17-15-/t20-,21+/m0/s1. The van der Waals surface area contributed by atoms with Gasteiger partial charge in [0.05, 0.1) is 12.2 Å². The molecule has 1 fully saturated rings. The molecule has 2 atom stereocenters. The Bertz CT molecular complexity index is 292. The molecule has 1 aliphatic heterocycles. The highest BCUT2D eigenvalue weighted by molar-refractivity contribution is 4.97. The minimum absolute atomic E-state index is 0.500. The van der Waals surface area contributed by atoms with Crippen molar-refractivity contribution < 1.29 is 4.74 Å². The predicted octanol–water partition coefficient (Wildman–Crippen LogP) is 6.98. The molecule has 128 valence electrons. The van der Waals surface area contributed by atoms with Crippen LogP contribution in [0.1, 0.15) is 97.3 Å². The minimum atomic E-state index is 0.500. The Balaban J connectivity index is 1.79. The molecule has 0 spiro atoms. The Hall–Kier alpha value is -0.560. The van der Waals surface area contributed by atoms with Crippen LogP contribution < -0.4 is 0 Å². The second kappa shape index (κ2) is 14.1. The summed E-state index contributed by atoms with van der Waals surface area (Å²) < 4.78 is 5.66. The van der Waals surface area contributed by atoms with Gasteiger partial charge in [0.2, 0.25) is 0 Å². The summed E-state index contributed by atoms with van der Waals surface area (Å²) in [6.45, 7) is 4.46. The van der Waals surface area contributed by atoms with Crippen LogP contribution in [-0.4, -0.2) is 12.2 Å². The molecular weight excluding hydrogens is 268 g/mol. The first-order chi connectivity index (χ1) is 10.9. The molecule has 0 bridgehead atoms. The van der Waals surface area contributed by atoms with Gasteiger partial charge in [-0.3, -0.25) is 0 Å². The van der Waals surface area contributed by atoms with Crippen LogP contribution in [0.25, 0.3) is 0 Å². The summed E-state index contributed by atoms with van der Waals surface area (Å²) in [6, 6.07) is 0. The number of hydrogen-bond acceptors (Lipinski definition) is 1. The SMILES string of the molecule is CC/C=C\C[C@@H]1O[C@@H]1C/C=C\CCCCCCCCCCC. The summed E-state index contributed by atoms with van der Waals surface area (Å²) in [5.74, 6) is 0. The molecule has 1 saturated heterocycles. The first-order valence-electron chi connectivity index (χ1n) is 9.84. The molecule has 22 heavy (non-hydrogen) atoms. The Labute approximate surface area is 139 Å². The number of allylic oxidation sites excluding steroid dienone is 2. The zero-order chi connectivity index (χ0) is 15.9. The molecule has 1 heteroatoms. The molecule has 1 rings (SSSR count). The lowest BCUT2D eigenvalue weighted by atomic mass is 10.1. The van der Waals surface area contributed by atoms with Crippen molar-refractivity contribution >= 4 is 0 Å². The maximum atomic E-state index is 5.66. The van der Waals surface area contributed by atoms with Gasteiger partial charge in [0.1, 0.15) is 0 Å². The van der Waals surface area contributed by atoms with E-state index in [2.05, 4.69) is 38.2 Å². The Morgan fingerprint density at radius 2 is 1.18 bits per heavy atom. The summed E-state index contributed by atoms with van der Waals surface area (Å²) in [5, 5.41) is 0. The number of hydrogen-bond donors (Lipinski definition) is 0. The molecule has 0 aromatic heterocycles. The Kier molecular flexibility index (Phi) is 12.5. The van der Waals surface area contributed by atoms with Gasteiger partial charge in [0.25, 0.3) is 0 Å². The minimum Gasteiger partial charge on any atom is -0.369 e. The molecule has 0 saturated carbocycles. The van der Waals surface area contributed by atoms with E-state index in [9.17, 15) is 0 Å². The molecule has 1 heterocycles. The van der Waals surface area contributed by atoms with E-state index in [1.165, 1.54) is 64.2 Å². The van der Waals surface area contributed by atoms with Crippen LogP contribution in [0.2, 0.25) is 0 Å². The molecule has 0 radical (unpaired) electrons.